The second-order valence-corrected chi connectivity index (χ2v) is 4.31. The first-order valence-corrected chi connectivity index (χ1v) is 5.86. The predicted molar refractivity (Wildman–Crippen MR) is 69.4 cm³/mol. The lowest BCUT2D eigenvalue weighted by molar-refractivity contribution is 0.404. The van der Waals surface area contributed by atoms with E-state index in [2.05, 4.69) is 20.9 Å². The van der Waals surface area contributed by atoms with Gasteiger partial charge in [0.15, 0.2) is 0 Å². The van der Waals surface area contributed by atoms with Crippen LogP contribution in [0.5, 0.6) is 11.5 Å². The molecule has 0 saturated carbocycles. The Morgan fingerprint density at radius 1 is 1.24 bits per heavy atom. The summed E-state index contributed by atoms with van der Waals surface area (Å²) in [6.07, 6.45) is 1.75. The molecular formula is C12H13BrN2O2. The minimum Gasteiger partial charge on any atom is -0.497 e. The van der Waals surface area contributed by atoms with Crippen LogP contribution in [-0.4, -0.2) is 23.8 Å². The zero-order chi connectivity index (χ0) is 12.4. The van der Waals surface area contributed by atoms with E-state index in [1.54, 1.807) is 20.5 Å². The van der Waals surface area contributed by atoms with E-state index in [0.29, 0.717) is 0 Å². The van der Waals surface area contributed by atoms with Gasteiger partial charge in [0.1, 0.15) is 16.1 Å². The lowest BCUT2D eigenvalue weighted by Gasteiger charge is -2.11. The molecule has 0 radical (unpaired) electrons. The van der Waals surface area contributed by atoms with E-state index < -0.39 is 0 Å². The zero-order valence-electron chi connectivity index (χ0n) is 9.90. The van der Waals surface area contributed by atoms with E-state index in [0.717, 1.165) is 27.4 Å². The first-order valence-electron chi connectivity index (χ1n) is 5.06. The molecule has 0 aliphatic carbocycles. The maximum Gasteiger partial charge on any atom is 0.132 e. The van der Waals surface area contributed by atoms with E-state index in [9.17, 15) is 0 Å². The van der Waals surface area contributed by atoms with Crippen molar-refractivity contribution in [3.05, 3.63) is 29.1 Å². The third kappa shape index (κ3) is 2.15. The van der Waals surface area contributed by atoms with Crippen LogP contribution < -0.4 is 9.47 Å². The number of methoxy groups -OCH3 is 2. The first-order chi connectivity index (χ1) is 8.17. The van der Waals surface area contributed by atoms with E-state index in [1.165, 1.54) is 0 Å². The topological polar surface area (TPSA) is 36.3 Å². The van der Waals surface area contributed by atoms with Gasteiger partial charge in [0.2, 0.25) is 0 Å². The molecule has 0 aliphatic rings. The highest BCUT2D eigenvalue weighted by Gasteiger charge is 2.14. The normalized spacial score (nSPS) is 10.4. The molecule has 0 saturated heterocycles. The van der Waals surface area contributed by atoms with Crippen molar-refractivity contribution in [3.63, 3.8) is 0 Å². The first kappa shape index (κ1) is 12.0. The number of halogens is 1. The number of aromatic nitrogens is 2. The van der Waals surface area contributed by atoms with Crippen molar-refractivity contribution in [2.45, 2.75) is 0 Å². The minimum atomic E-state index is 0.784. The highest BCUT2D eigenvalue weighted by atomic mass is 79.9. The number of benzene rings is 1. The highest BCUT2D eigenvalue weighted by molar-refractivity contribution is 9.10. The Balaban J connectivity index is 2.64. The summed E-state index contributed by atoms with van der Waals surface area (Å²) in [6.45, 7) is 0. The Kier molecular flexibility index (Phi) is 3.38. The molecule has 4 nitrogen and oxygen atoms in total. The van der Waals surface area contributed by atoms with Crippen LogP contribution in [0.4, 0.5) is 0 Å². The van der Waals surface area contributed by atoms with Crippen LogP contribution in [0.1, 0.15) is 0 Å². The second kappa shape index (κ2) is 4.79. The average Bonchev–Trinajstić information content (AvgIpc) is 2.68. The van der Waals surface area contributed by atoms with Gasteiger partial charge in [0, 0.05) is 12.6 Å². The molecule has 1 aromatic heterocycles. The number of rotatable bonds is 3. The van der Waals surface area contributed by atoms with Gasteiger partial charge in [0.05, 0.1) is 26.2 Å². The van der Waals surface area contributed by atoms with Gasteiger partial charge >= 0.3 is 0 Å². The standard InChI is InChI=1S/C12H13BrN2O2/c1-15-7-14-12(13)11(15)9-6-8(16-2)4-5-10(9)17-3/h4-7H,1-3H3. The fraction of sp³-hybridized carbons (Fsp3) is 0.250. The van der Waals surface area contributed by atoms with E-state index in [1.807, 2.05) is 29.8 Å². The van der Waals surface area contributed by atoms with Crippen molar-refractivity contribution in [3.8, 4) is 22.8 Å². The molecule has 90 valence electrons. The van der Waals surface area contributed by atoms with Gasteiger partial charge in [0.25, 0.3) is 0 Å². The quantitative estimate of drug-likeness (QED) is 0.874. The molecule has 0 fully saturated rings. The van der Waals surface area contributed by atoms with Crippen molar-refractivity contribution in [1.29, 1.82) is 0 Å². The number of hydrogen-bond acceptors (Lipinski definition) is 3. The molecule has 2 aromatic rings. The van der Waals surface area contributed by atoms with Crippen molar-refractivity contribution in [2.75, 3.05) is 14.2 Å². The van der Waals surface area contributed by atoms with Gasteiger partial charge in [-0.3, -0.25) is 0 Å². The summed E-state index contributed by atoms with van der Waals surface area (Å²) in [4.78, 5) is 4.21. The molecule has 5 heteroatoms. The Morgan fingerprint density at radius 3 is 2.53 bits per heavy atom. The van der Waals surface area contributed by atoms with Gasteiger partial charge in [-0.15, -0.1) is 0 Å². The molecule has 2 rings (SSSR count). The van der Waals surface area contributed by atoms with Crippen LogP contribution in [0.3, 0.4) is 0 Å². The monoisotopic (exact) mass is 296 g/mol. The van der Waals surface area contributed by atoms with Crippen LogP contribution >= 0.6 is 15.9 Å². The summed E-state index contributed by atoms with van der Waals surface area (Å²) >= 11 is 3.44. The van der Waals surface area contributed by atoms with Crippen LogP contribution in [0.25, 0.3) is 11.3 Å². The highest BCUT2D eigenvalue weighted by Crippen LogP contribution is 2.36. The number of imidazole rings is 1. The Labute approximate surface area is 108 Å². The Bertz CT molecular complexity index is 518. The van der Waals surface area contributed by atoms with E-state index in [4.69, 9.17) is 9.47 Å². The second-order valence-electron chi connectivity index (χ2n) is 3.56. The number of ether oxygens (including phenoxy) is 2. The lowest BCUT2D eigenvalue weighted by atomic mass is 10.1. The van der Waals surface area contributed by atoms with Gasteiger partial charge < -0.3 is 14.0 Å². The molecule has 0 bridgehead atoms. The Hall–Kier alpha value is -1.49. The summed E-state index contributed by atoms with van der Waals surface area (Å²) in [6, 6.07) is 5.68. The third-order valence-corrected chi connectivity index (χ3v) is 3.13. The fourth-order valence-electron chi connectivity index (χ4n) is 1.70. The summed E-state index contributed by atoms with van der Waals surface area (Å²) in [5.41, 5.74) is 1.90. The third-order valence-electron chi connectivity index (χ3n) is 2.55. The van der Waals surface area contributed by atoms with Crippen LogP contribution in [-0.2, 0) is 7.05 Å². The molecule has 0 N–H and O–H groups in total. The molecule has 0 spiro atoms. The van der Waals surface area contributed by atoms with Crippen LogP contribution in [0.2, 0.25) is 0 Å². The molecule has 0 atom stereocenters. The number of nitrogens with zero attached hydrogens (tertiary/aromatic N) is 2. The maximum absolute atomic E-state index is 5.36. The molecule has 17 heavy (non-hydrogen) atoms. The van der Waals surface area contributed by atoms with E-state index in [-0.39, 0.29) is 0 Å². The lowest BCUT2D eigenvalue weighted by Crippen LogP contribution is -1.95. The zero-order valence-corrected chi connectivity index (χ0v) is 11.5. The van der Waals surface area contributed by atoms with Gasteiger partial charge in [-0.1, -0.05) is 0 Å². The summed E-state index contributed by atoms with van der Waals surface area (Å²) < 4.78 is 13.3. The molecule has 1 heterocycles. The number of hydrogen-bond donors (Lipinski definition) is 0. The van der Waals surface area contributed by atoms with Crippen molar-refractivity contribution < 1.29 is 9.47 Å². The van der Waals surface area contributed by atoms with Crippen molar-refractivity contribution in [1.82, 2.24) is 9.55 Å². The van der Waals surface area contributed by atoms with Gasteiger partial charge in [-0.25, -0.2) is 4.98 Å². The van der Waals surface area contributed by atoms with Crippen LogP contribution in [0, 0.1) is 0 Å². The van der Waals surface area contributed by atoms with Gasteiger partial charge in [-0.05, 0) is 34.1 Å². The summed E-state index contributed by atoms with van der Waals surface area (Å²) in [5, 5.41) is 0. The molecule has 0 amide bonds. The largest absolute Gasteiger partial charge is 0.497 e. The SMILES string of the molecule is COc1ccc(OC)c(-c2c(Br)ncn2C)c1. The van der Waals surface area contributed by atoms with Crippen molar-refractivity contribution in [2.24, 2.45) is 7.05 Å². The summed E-state index contributed by atoms with van der Waals surface area (Å²) in [7, 11) is 5.23. The molecule has 1 aromatic carbocycles. The summed E-state index contributed by atoms with van der Waals surface area (Å²) in [5.74, 6) is 1.57. The van der Waals surface area contributed by atoms with Gasteiger partial charge in [-0.2, -0.15) is 0 Å². The molecular weight excluding hydrogens is 284 g/mol. The molecule has 0 unspecified atom stereocenters. The average molecular weight is 297 g/mol. The fourth-order valence-corrected chi connectivity index (χ4v) is 2.29. The predicted octanol–water partition coefficient (Wildman–Crippen LogP) is 2.87. The Morgan fingerprint density at radius 2 is 2.00 bits per heavy atom. The van der Waals surface area contributed by atoms with E-state index >= 15 is 0 Å². The minimum absolute atomic E-state index is 0.784. The van der Waals surface area contributed by atoms with Crippen LogP contribution in [0.15, 0.2) is 29.1 Å². The number of aryl methyl sites for hydroxylation is 1. The van der Waals surface area contributed by atoms with Crippen molar-refractivity contribution >= 4 is 15.9 Å². The molecule has 0 aliphatic heterocycles. The maximum atomic E-state index is 5.36. The smallest absolute Gasteiger partial charge is 0.132 e.